The molecule has 0 unspecified atom stereocenters. The molecular formula is C15H21N3O2S. The molecule has 1 heterocycles. The van der Waals surface area contributed by atoms with Crippen molar-refractivity contribution in [2.45, 2.75) is 25.5 Å². The van der Waals surface area contributed by atoms with Crippen molar-refractivity contribution in [3.05, 3.63) is 23.8 Å². The van der Waals surface area contributed by atoms with Crippen molar-refractivity contribution in [1.29, 1.82) is 0 Å². The van der Waals surface area contributed by atoms with Gasteiger partial charge < -0.3 is 14.6 Å². The molecule has 0 aliphatic rings. The number of fused-ring (bicyclic) bond motifs is 1. The van der Waals surface area contributed by atoms with E-state index in [1.165, 1.54) is 17.3 Å². The van der Waals surface area contributed by atoms with Crippen molar-refractivity contribution in [1.82, 2.24) is 14.5 Å². The van der Waals surface area contributed by atoms with E-state index in [0.29, 0.717) is 0 Å². The standard InChI is InChI=1S/C15H21N3O2S/c1-4-17(3)8-9-18-14-11(2)6-5-7-12(14)16-15(18)21-10-13(19)20/h5-7H,4,8-10H2,1-3H3,(H,19,20). The topological polar surface area (TPSA) is 58.4 Å². The summed E-state index contributed by atoms with van der Waals surface area (Å²) in [7, 11) is 2.08. The first-order chi connectivity index (χ1) is 10.0. The Bertz CT molecular complexity index is 639. The van der Waals surface area contributed by atoms with Gasteiger partial charge in [-0.15, -0.1) is 0 Å². The zero-order valence-corrected chi connectivity index (χ0v) is 13.5. The Labute approximate surface area is 129 Å². The van der Waals surface area contributed by atoms with Gasteiger partial charge >= 0.3 is 5.97 Å². The zero-order chi connectivity index (χ0) is 15.4. The van der Waals surface area contributed by atoms with E-state index in [-0.39, 0.29) is 5.75 Å². The van der Waals surface area contributed by atoms with Gasteiger partial charge in [0.15, 0.2) is 5.16 Å². The van der Waals surface area contributed by atoms with Crippen molar-refractivity contribution in [3.8, 4) is 0 Å². The Morgan fingerprint density at radius 3 is 2.90 bits per heavy atom. The maximum atomic E-state index is 10.8. The lowest BCUT2D eigenvalue weighted by atomic mass is 10.2. The van der Waals surface area contributed by atoms with Crippen LogP contribution in [-0.2, 0) is 11.3 Å². The highest BCUT2D eigenvalue weighted by Crippen LogP contribution is 2.26. The van der Waals surface area contributed by atoms with Crippen LogP contribution in [0.25, 0.3) is 11.0 Å². The number of benzene rings is 1. The van der Waals surface area contributed by atoms with E-state index in [1.807, 2.05) is 12.1 Å². The Balaban J connectivity index is 2.36. The van der Waals surface area contributed by atoms with Crippen LogP contribution >= 0.6 is 11.8 Å². The number of thioether (sulfide) groups is 1. The molecule has 1 N–H and O–H groups in total. The van der Waals surface area contributed by atoms with Gasteiger partial charge in [-0.2, -0.15) is 0 Å². The molecule has 0 spiro atoms. The summed E-state index contributed by atoms with van der Waals surface area (Å²) in [5, 5.41) is 9.67. The number of likely N-dealkylation sites (N-methyl/N-ethyl adjacent to an activating group) is 1. The number of carboxylic acids is 1. The summed E-state index contributed by atoms with van der Waals surface area (Å²) in [5.41, 5.74) is 3.21. The molecule has 0 saturated carbocycles. The van der Waals surface area contributed by atoms with Crippen LogP contribution in [-0.4, -0.2) is 51.4 Å². The third-order valence-corrected chi connectivity index (χ3v) is 4.46. The van der Waals surface area contributed by atoms with Gasteiger partial charge in [0, 0.05) is 13.1 Å². The fraction of sp³-hybridized carbons (Fsp3) is 0.467. The van der Waals surface area contributed by atoms with Gasteiger partial charge in [-0.1, -0.05) is 30.8 Å². The molecule has 0 aliphatic heterocycles. The van der Waals surface area contributed by atoms with Gasteiger partial charge in [0.25, 0.3) is 0 Å². The summed E-state index contributed by atoms with van der Waals surface area (Å²) in [6, 6.07) is 6.03. The number of nitrogens with zero attached hydrogens (tertiary/aromatic N) is 3. The summed E-state index contributed by atoms with van der Waals surface area (Å²) in [5.74, 6) is -0.785. The number of aliphatic carboxylic acids is 1. The molecule has 0 bridgehead atoms. The summed E-state index contributed by atoms with van der Waals surface area (Å²) in [4.78, 5) is 17.6. The number of hydrogen-bond donors (Lipinski definition) is 1. The first kappa shape index (κ1) is 15.9. The van der Waals surface area contributed by atoms with Crippen LogP contribution in [0.15, 0.2) is 23.4 Å². The number of aromatic nitrogens is 2. The molecule has 1 aromatic carbocycles. The van der Waals surface area contributed by atoms with Gasteiger partial charge in [-0.25, -0.2) is 4.98 Å². The molecule has 21 heavy (non-hydrogen) atoms. The van der Waals surface area contributed by atoms with E-state index < -0.39 is 5.97 Å². The second kappa shape index (κ2) is 6.95. The molecule has 0 fully saturated rings. The minimum atomic E-state index is -0.819. The van der Waals surface area contributed by atoms with Crippen LogP contribution < -0.4 is 0 Å². The SMILES string of the molecule is CCN(C)CCn1c(SCC(=O)O)nc2cccc(C)c21. The molecule has 0 amide bonds. The number of carboxylic acid groups (broad SMARTS) is 1. The maximum Gasteiger partial charge on any atom is 0.313 e. The fourth-order valence-corrected chi connectivity index (χ4v) is 2.97. The molecule has 114 valence electrons. The van der Waals surface area contributed by atoms with Crippen molar-refractivity contribution >= 4 is 28.8 Å². The lowest BCUT2D eigenvalue weighted by Crippen LogP contribution is -2.23. The summed E-state index contributed by atoms with van der Waals surface area (Å²) in [6.07, 6.45) is 0. The smallest absolute Gasteiger partial charge is 0.313 e. The Morgan fingerprint density at radius 2 is 2.24 bits per heavy atom. The highest BCUT2D eigenvalue weighted by molar-refractivity contribution is 7.99. The highest BCUT2D eigenvalue weighted by atomic mass is 32.2. The lowest BCUT2D eigenvalue weighted by Gasteiger charge is -2.16. The first-order valence-electron chi connectivity index (χ1n) is 7.02. The number of rotatable bonds is 7. The molecule has 0 atom stereocenters. The van der Waals surface area contributed by atoms with Crippen LogP contribution in [0.3, 0.4) is 0 Å². The van der Waals surface area contributed by atoms with Crippen LogP contribution in [0.5, 0.6) is 0 Å². The average molecular weight is 307 g/mol. The third-order valence-electron chi connectivity index (χ3n) is 3.50. The summed E-state index contributed by atoms with van der Waals surface area (Å²) < 4.78 is 2.14. The van der Waals surface area contributed by atoms with Gasteiger partial charge in [-0.05, 0) is 32.1 Å². The van der Waals surface area contributed by atoms with Crippen molar-refractivity contribution in [2.75, 3.05) is 25.9 Å². The normalized spacial score (nSPS) is 11.4. The second-order valence-corrected chi connectivity index (χ2v) is 6.01. The van der Waals surface area contributed by atoms with Crippen molar-refractivity contribution < 1.29 is 9.90 Å². The molecule has 5 nitrogen and oxygen atoms in total. The Morgan fingerprint density at radius 1 is 1.48 bits per heavy atom. The van der Waals surface area contributed by atoms with Crippen molar-refractivity contribution in [3.63, 3.8) is 0 Å². The molecule has 0 saturated heterocycles. The molecule has 6 heteroatoms. The minimum absolute atomic E-state index is 0.0337. The molecule has 2 rings (SSSR count). The van der Waals surface area contributed by atoms with Crippen LogP contribution in [0.2, 0.25) is 0 Å². The van der Waals surface area contributed by atoms with Crippen LogP contribution in [0.1, 0.15) is 12.5 Å². The zero-order valence-electron chi connectivity index (χ0n) is 12.7. The van der Waals surface area contributed by atoms with Gasteiger partial charge in [0.2, 0.25) is 0 Å². The number of aryl methyl sites for hydroxylation is 1. The lowest BCUT2D eigenvalue weighted by molar-refractivity contribution is -0.133. The fourth-order valence-electron chi connectivity index (χ4n) is 2.22. The summed E-state index contributed by atoms with van der Waals surface area (Å²) in [6.45, 7) is 6.90. The Hall–Kier alpha value is -1.53. The first-order valence-corrected chi connectivity index (χ1v) is 8.00. The number of carbonyl (C=O) groups is 1. The number of imidazole rings is 1. The maximum absolute atomic E-state index is 10.8. The van der Waals surface area contributed by atoms with E-state index in [9.17, 15) is 4.79 Å². The van der Waals surface area contributed by atoms with E-state index in [4.69, 9.17) is 5.11 Å². The van der Waals surface area contributed by atoms with Gasteiger partial charge in [0.1, 0.15) is 0 Å². The van der Waals surface area contributed by atoms with E-state index >= 15 is 0 Å². The molecular weight excluding hydrogens is 286 g/mol. The third kappa shape index (κ3) is 3.77. The average Bonchev–Trinajstić information content (AvgIpc) is 2.81. The molecule has 1 aromatic heterocycles. The highest BCUT2D eigenvalue weighted by Gasteiger charge is 2.14. The van der Waals surface area contributed by atoms with E-state index in [2.05, 4.69) is 41.4 Å². The van der Waals surface area contributed by atoms with Gasteiger partial charge in [-0.3, -0.25) is 4.79 Å². The van der Waals surface area contributed by atoms with E-state index in [0.717, 1.165) is 35.8 Å². The van der Waals surface area contributed by atoms with Crippen LogP contribution in [0.4, 0.5) is 0 Å². The van der Waals surface area contributed by atoms with Crippen LogP contribution in [0, 0.1) is 6.92 Å². The summed E-state index contributed by atoms with van der Waals surface area (Å²) >= 11 is 1.28. The predicted octanol–water partition coefficient (Wildman–Crippen LogP) is 2.47. The second-order valence-electron chi connectivity index (χ2n) is 5.07. The quantitative estimate of drug-likeness (QED) is 0.796. The monoisotopic (exact) mass is 307 g/mol. The molecule has 0 radical (unpaired) electrons. The predicted molar refractivity (Wildman–Crippen MR) is 86.0 cm³/mol. The molecule has 2 aromatic rings. The molecule has 0 aliphatic carbocycles. The number of para-hydroxylation sites is 1. The van der Waals surface area contributed by atoms with E-state index in [1.54, 1.807) is 0 Å². The minimum Gasteiger partial charge on any atom is -0.481 e. The Kier molecular flexibility index (Phi) is 5.25. The van der Waals surface area contributed by atoms with Gasteiger partial charge in [0.05, 0.1) is 16.8 Å². The largest absolute Gasteiger partial charge is 0.481 e. The number of hydrogen-bond acceptors (Lipinski definition) is 4. The van der Waals surface area contributed by atoms with Crippen molar-refractivity contribution in [2.24, 2.45) is 0 Å².